The smallest absolute Gasteiger partial charge is 0.319 e. The largest absolute Gasteiger partial charge is 0.491 e. The van der Waals surface area contributed by atoms with Crippen molar-refractivity contribution >= 4 is 11.7 Å². The van der Waals surface area contributed by atoms with E-state index in [4.69, 9.17) is 5.11 Å². The van der Waals surface area contributed by atoms with E-state index in [1.807, 2.05) is 6.92 Å². The number of hydrogen-bond acceptors (Lipinski definition) is 3. The van der Waals surface area contributed by atoms with Crippen molar-refractivity contribution in [2.45, 2.75) is 13.3 Å². The third kappa shape index (κ3) is 4.65. The molecule has 0 radical (unpaired) electrons. The van der Waals surface area contributed by atoms with Crippen LogP contribution in [0.25, 0.3) is 0 Å². The molecule has 0 aliphatic heterocycles. The maximum Gasteiger partial charge on any atom is 0.319 e. The predicted octanol–water partition coefficient (Wildman–Crippen LogP) is 2.11. The molecular formula is C13H18F2N2O3. The second-order valence-electron chi connectivity index (χ2n) is 4.43. The Morgan fingerprint density at radius 2 is 2.00 bits per heavy atom. The first-order chi connectivity index (χ1) is 9.47. The van der Waals surface area contributed by atoms with Crippen LogP contribution in [0.2, 0.25) is 0 Å². The average Bonchev–Trinajstić information content (AvgIpc) is 2.36. The van der Waals surface area contributed by atoms with E-state index >= 15 is 0 Å². The lowest BCUT2D eigenvalue weighted by Gasteiger charge is -2.12. The standard InChI is InChI=1S/C13H18F2N2O3/c1-8(3-4-18)7-16-13(19)17-9-5-10(14)12(20-2)11(15)6-9/h5-6,8,18H,3-4,7H2,1-2H3,(H2,16,17,19). The lowest BCUT2D eigenvalue weighted by molar-refractivity contribution is 0.243. The number of benzene rings is 1. The normalized spacial score (nSPS) is 11.8. The van der Waals surface area contributed by atoms with E-state index in [1.54, 1.807) is 0 Å². The van der Waals surface area contributed by atoms with Gasteiger partial charge in [0.25, 0.3) is 0 Å². The van der Waals surface area contributed by atoms with Crippen LogP contribution < -0.4 is 15.4 Å². The summed E-state index contributed by atoms with van der Waals surface area (Å²) in [6.45, 7) is 2.26. The molecule has 7 heteroatoms. The number of aliphatic hydroxyl groups excluding tert-OH is 1. The van der Waals surface area contributed by atoms with Gasteiger partial charge < -0.3 is 20.5 Å². The number of carbonyl (C=O) groups is 1. The molecule has 20 heavy (non-hydrogen) atoms. The minimum atomic E-state index is -0.892. The van der Waals surface area contributed by atoms with Gasteiger partial charge in [-0.15, -0.1) is 0 Å². The highest BCUT2D eigenvalue weighted by Crippen LogP contribution is 2.25. The van der Waals surface area contributed by atoms with Crippen LogP contribution in [0.15, 0.2) is 12.1 Å². The molecule has 1 unspecified atom stereocenters. The molecule has 1 atom stereocenters. The zero-order chi connectivity index (χ0) is 15.1. The number of hydrogen-bond donors (Lipinski definition) is 3. The Bertz CT molecular complexity index is 446. The lowest BCUT2D eigenvalue weighted by atomic mass is 10.1. The first kappa shape index (κ1) is 16.2. The molecule has 2 amide bonds. The molecule has 1 rings (SSSR count). The predicted molar refractivity (Wildman–Crippen MR) is 70.8 cm³/mol. The topological polar surface area (TPSA) is 70.6 Å². The van der Waals surface area contributed by atoms with Crippen molar-refractivity contribution in [3.05, 3.63) is 23.8 Å². The minimum absolute atomic E-state index is 0.00638. The third-order valence-corrected chi connectivity index (χ3v) is 2.69. The maximum atomic E-state index is 13.4. The number of rotatable bonds is 6. The van der Waals surface area contributed by atoms with Crippen molar-refractivity contribution in [3.8, 4) is 5.75 Å². The fourth-order valence-electron chi connectivity index (χ4n) is 1.59. The summed E-state index contributed by atoms with van der Waals surface area (Å²) in [6, 6.07) is 1.37. The molecule has 1 aromatic rings. The van der Waals surface area contributed by atoms with Gasteiger partial charge in [-0.1, -0.05) is 6.92 Å². The van der Waals surface area contributed by atoms with Crippen LogP contribution in [0.1, 0.15) is 13.3 Å². The van der Waals surface area contributed by atoms with Crippen LogP contribution in [-0.4, -0.2) is 31.4 Å². The summed E-state index contributed by atoms with van der Waals surface area (Å²) >= 11 is 0. The fraction of sp³-hybridized carbons (Fsp3) is 0.462. The van der Waals surface area contributed by atoms with E-state index in [1.165, 1.54) is 0 Å². The van der Waals surface area contributed by atoms with Gasteiger partial charge in [-0.3, -0.25) is 0 Å². The molecule has 0 saturated heterocycles. The Morgan fingerprint density at radius 3 is 2.50 bits per heavy atom. The van der Waals surface area contributed by atoms with E-state index < -0.39 is 23.4 Å². The van der Waals surface area contributed by atoms with Gasteiger partial charge in [-0.05, 0) is 12.3 Å². The average molecular weight is 288 g/mol. The number of urea groups is 1. The van der Waals surface area contributed by atoms with Crippen LogP contribution in [0.4, 0.5) is 19.3 Å². The molecule has 0 bridgehead atoms. The van der Waals surface area contributed by atoms with Gasteiger partial charge in [0, 0.05) is 31.0 Å². The summed E-state index contributed by atoms with van der Waals surface area (Å²) in [5.41, 5.74) is -0.00638. The Kier molecular flexibility index (Phi) is 6.17. The summed E-state index contributed by atoms with van der Waals surface area (Å²) in [7, 11) is 1.16. The van der Waals surface area contributed by atoms with Gasteiger partial charge in [0.1, 0.15) is 0 Å². The van der Waals surface area contributed by atoms with Crippen LogP contribution in [0.3, 0.4) is 0 Å². The monoisotopic (exact) mass is 288 g/mol. The van der Waals surface area contributed by atoms with Crippen molar-refractivity contribution in [1.82, 2.24) is 5.32 Å². The van der Waals surface area contributed by atoms with Crippen molar-refractivity contribution in [2.24, 2.45) is 5.92 Å². The second-order valence-corrected chi connectivity index (χ2v) is 4.43. The zero-order valence-corrected chi connectivity index (χ0v) is 11.4. The first-order valence-corrected chi connectivity index (χ1v) is 6.16. The van der Waals surface area contributed by atoms with Crippen molar-refractivity contribution in [2.75, 3.05) is 25.6 Å². The summed E-state index contributed by atoms with van der Waals surface area (Å²) < 4.78 is 31.4. The van der Waals surface area contributed by atoms with E-state index in [9.17, 15) is 13.6 Å². The highest BCUT2D eigenvalue weighted by Gasteiger charge is 2.13. The molecule has 0 aromatic heterocycles. The number of halogens is 2. The molecule has 0 heterocycles. The van der Waals surface area contributed by atoms with Crippen molar-refractivity contribution < 1.29 is 23.4 Å². The lowest BCUT2D eigenvalue weighted by Crippen LogP contribution is -2.32. The van der Waals surface area contributed by atoms with Gasteiger partial charge >= 0.3 is 6.03 Å². The quantitative estimate of drug-likeness (QED) is 0.751. The number of anilines is 1. The van der Waals surface area contributed by atoms with E-state index in [0.717, 1.165) is 19.2 Å². The number of aliphatic hydroxyl groups is 1. The number of methoxy groups -OCH3 is 1. The number of amides is 2. The van der Waals surface area contributed by atoms with Crippen molar-refractivity contribution in [3.63, 3.8) is 0 Å². The Hall–Kier alpha value is -1.89. The molecular weight excluding hydrogens is 270 g/mol. The molecule has 0 aliphatic carbocycles. The molecule has 112 valence electrons. The fourth-order valence-corrected chi connectivity index (χ4v) is 1.59. The SMILES string of the molecule is COc1c(F)cc(NC(=O)NCC(C)CCO)cc1F. The minimum Gasteiger partial charge on any atom is -0.491 e. The van der Waals surface area contributed by atoms with Gasteiger partial charge in [0.2, 0.25) is 0 Å². The van der Waals surface area contributed by atoms with Crippen LogP contribution in [0, 0.1) is 17.6 Å². The van der Waals surface area contributed by atoms with Gasteiger partial charge in [-0.2, -0.15) is 0 Å². The molecule has 5 nitrogen and oxygen atoms in total. The Labute approximate surface area is 115 Å². The van der Waals surface area contributed by atoms with Gasteiger partial charge in [0.15, 0.2) is 17.4 Å². The molecule has 1 aromatic carbocycles. The molecule has 3 N–H and O–H groups in total. The highest BCUT2D eigenvalue weighted by molar-refractivity contribution is 5.89. The molecule has 0 spiro atoms. The van der Waals surface area contributed by atoms with Gasteiger partial charge in [-0.25, -0.2) is 13.6 Å². The Balaban J connectivity index is 2.58. The summed E-state index contributed by atoms with van der Waals surface area (Å²) in [6.07, 6.45) is 0.562. The van der Waals surface area contributed by atoms with E-state index in [2.05, 4.69) is 15.4 Å². The van der Waals surface area contributed by atoms with Gasteiger partial charge in [0.05, 0.1) is 7.11 Å². The number of nitrogens with one attached hydrogen (secondary N) is 2. The van der Waals surface area contributed by atoms with E-state index in [-0.39, 0.29) is 18.2 Å². The Morgan fingerprint density at radius 1 is 1.40 bits per heavy atom. The van der Waals surface area contributed by atoms with Crippen LogP contribution >= 0.6 is 0 Å². The first-order valence-electron chi connectivity index (χ1n) is 6.16. The van der Waals surface area contributed by atoms with Crippen LogP contribution in [-0.2, 0) is 0 Å². The number of ether oxygens (including phenoxy) is 1. The van der Waals surface area contributed by atoms with Crippen molar-refractivity contribution in [1.29, 1.82) is 0 Å². The molecule has 0 saturated carbocycles. The summed E-state index contributed by atoms with van der Waals surface area (Å²) in [4.78, 5) is 11.5. The molecule has 0 fully saturated rings. The third-order valence-electron chi connectivity index (χ3n) is 2.69. The second kappa shape index (κ2) is 7.64. The number of carbonyl (C=O) groups excluding carboxylic acids is 1. The summed E-state index contributed by atoms with van der Waals surface area (Å²) in [5, 5.41) is 13.6. The van der Waals surface area contributed by atoms with Crippen LogP contribution in [0.5, 0.6) is 5.75 Å². The van der Waals surface area contributed by atoms with E-state index in [0.29, 0.717) is 13.0 Å². The zero-order valence-electron chi connectivity index (χ0n) is 11.4. The molecule has 0 aliphatic rings. The highest BCUT2D eigenvalue weighted by atomic mass is 19.1. The summed E-state index contributed by atoms with van der Waals surface area (Å²) in [5.74, 6) is -2.17. The maximum absolute atomic E-state index is 13.4.